The highest BCUT2D eigenvalue weighted by Crippen LogP contribution is 2.15. The molecule has 108 valence electrons. The van der Waals surface area contributed by atoms with Crippen LogP contribution < -0.4 is 11.1 Å². The molecule has 1 aromatic heterocycles. The number of amides is 1. The normalized spacial score (nSPS) is 11.4. The monoisotopic (exact) mass is 296 g/mol. The zero-order chi connectivity index (χ0) is 13.7. The van der Waals surface area contributed by atoms with Crippen LogP contribution in [0, 0.1) is 0 Å². The van der Waals surface area contributed by atoms with E-state index in [9.17, 15) is 4.79 Å². The minimum Gasteiger partial charge on any atom is -0.399 e. The Kier molecular flexibility index (Phi) is 5.92. The molecule has 1 amide bonds. The summed E-state index contributed by atoms with van der Waals surface area (Å²) >= 11 is 0. The molecule has 7 nitrogen and oxygen atoms in total. The van der Waals surface area contributed by atoms with Crippen molar-refractivity contribution in [1.82, 2.24) is 25.9 Å². The fourth-order valence-corrected chi connectivity index (χ4v) is 1.79. The van der Waals surface area contributed by atoms with Crippen LogP contribution in [-0.4, -0.2) is 26.5 Å². The average Bonchev–Trinajstić information content (AvgIpc) is 2.92. The van der Waals surface area contributed by atoms with Crippen LogP contribution in [0.5, 0.6) is 0 Å². The number of tetrazole rings is 1. The van der Waals surface area contributed by atoms with Crippen LogP contribution in [0.25, 0.3) is 0 Å². The quantitative estimate of drug-likeness (QED) is 0.724. The largest absolute Gasteiger partial charge is 0.399 e. The minimum atomic E-state index is -0.252. The number of halogens is 1. The lowest BCUT2D eigenvalue weighted by Gasteiger charge is -2.14. The second-order valence-corrected chi connectivity index (χ2v) is 4.21. The third kappa shape index (κ3) is 3.92. The van der Waals surface area contributed by atoms with Gasteiger partial charge in [0, 0.05) is 11.3 Å². The lowest BCUT2D eigenvalue weighted by Crippen LogP contribution is -2.29. The second-order valence-electron chi connectivity index (χ2n) is 4.21. The fraction of sp³-hybridized carbons (Fsp3) is 0.333. The van der Waals surface area contributed by atoms with Crippen LogP contribution >= 0.6 is 12.4 Å². The summed E-state index contributed by atoms with van der Waals surface area (Å²) in [5.41, 5.74) is 6.73. The number of H-pyrrole nitrogens is 1. The third-order valence-electron chi connectivity index (χ3n) is 2.70. The molecule has 1 heterocycles. The molecule has 0 aliphatic heterocycles. The third-order valence-corrected chi connectivity index (χ3v) is 2.70. The molecule has 0 radical (unpaired) electrons. The van der Waals surface area contributed by atoms with Crippen molar-refractivity contribution in [2.75, 3.05) is 5.73 Å². The van der Waals surface area contributed by atoms with E-state index >= 15 is 0 Å². The van der Waals surface area contributed by atoms with Crippen molar-refractivity contribution in [2.45, 2.75) is 25.8 Å². The van der Waals surface area contributed by atoms with E-state index in [-0.39, 0.29) is 24.4 Å². The zero-order valence-electron chi connectivity index (χ0n) is 11.0. The number of aromatic amines is 1. The Balaban J connectivity index is 0.00000200. The SMILES string of the molecule is CCCC(NC(=O)c1cccc(N)c1)c1nn[nH]n1.Cl. The minimum absolute atomic E-state index is 0. The molecule has 0 spiro atoms. The smallest absolute Gasteiger partial charge is 0.251 e. The summed E-state index contributed by atoms with van der Waals surface area (Å²) in [5.74, 6) is 0.287. The van der Waals surface area contributed by atoms with E-state index in [0.29, 0.717) is 17.1 Å². The van der Waals surface area contributed by atoms with Gasteiger partial charge >= 0.3 is 0 Å². The number of aromatic nitrogens is 4. The Bertz CT molecular complexity index is 545. The van der Waals surface area contributed by atoms with Gasteiger partial charge in [-0.15, -0.1) is 22.6 Å². The molecular weight excluding hydrogens is 280 g/mol. The number of nitrogen functional groups attached to an aromatic ring is 1. The fourth-order valence-electron chi connectivity index (χ4n) is 1.79. The summed E-state index contributed by atoms with van der Waals surface area (Å²) < 4.78 is 0. The summed E-state index contributed by atoms with van der Waals surface area (Å²) in [7, 11) is 0. The molecule has 0 fully saturated rings. The molecule has 4 N–H and O–H groups in total. The van der Waals surface area contributed by atoms with Gasteiger partial charge in [-0.25, -0.2) is 0 Å². The maximum atomic E-state index is 12.1. The number of carbonyl (C=O) groups is 1. The molecule has 0 aliphatic carbocycles. The maximum absolute atomic E-state index is 12.1. The molecule has 20 heavy (non-hydrogen) atoms. The van der Waals surface area contributed by atoms with Crippen molar-refractivity contribution in [2.24, 2.45) is 0 Å². The highest BCUT2D eigenvalue weighted by atomic mass is 35.5. The van der Waals surface area contributed by atoms with Gasteiger partial charge in [0.1, 0.15) is 0 Å². The number of nitrogens with zero attached hydrogens (tertiary/aromatic N) is 3. The highest BCUT2D eigenvalue weighted by Gasteiger charge is 2.18. The van der Waals surface area contributed by atoms with E-state index in [4.69, 9.17) is 5.73 Å². The van der Waals surface area contributed by atoms with Crippen molar-refractivity contribution < 1.29 is 4.79 Å². The Labute approximate surface area is 122 Å². The van der Waals surface area contributed by atoms with Gasteiger partial charge in [-0.1, -0.05) is 24.6 Å². The van der Waals surface area contributed by atoms with Crippen molar-refractivity contribution in [3.63, 3.8) is 0 Å². The van der Waals surface area contributed by atoms with E-state index in [2.05, 4.69) is 25.9 Å². The molecule has 1 unspecified atom stereocenters. The van der Waals surface area contributed by atoms with Gasteiger partial charge in [0.2, 0.25) is 0 Å². The van der Waals surface area contributed by atoms with E-state index < -0.39 is 0 Å². The Morgan fingerprint density at radius 1 is 1.50 bits per heavy atom. The first-order valence-corrected chi connectivity index (χ1v) is 6.10. The molecule has 8 heteroatoms. The second kappa shape index (κ2) is 7.44. The van der Waals surface area contributed by atoms with Crippen LogP contribution in [0.4, 0.5) is 5.69 Å². The molecule has 1 atom stereocenters. The standard InChI is InChI=1S/C12H16N6O.ClH/c1-2-4-10(11-15-17-18-16-11)14-12(19)8-5-3-6-9(13)7-8;/h3,5-7,10H,2,4,13H2,1H3,(H,14,19)(H,15,16,17,18);1H. The predicted molar refractivity (Wildman–Crippen MR) is 77.4 cm³/mol. The van der Waals surface area contributed by atoms with Gasteiger partial charge in [0.15, 0.2) is 5.82 Å². The Morgan fingerprint density at radius 2 is 2.30 bits per heavy atom. The first-order chi connectivity index (χ1) is 9.20. The Hall–Kier alpha value is -2.15. The van der Waals surface area contributed by atoms with E-state index in [1.165, 1.54) is 0 Å². The lowest BCUT2D eigenvalue weighted by molar-refractivity contribution is 0.0932. The van der Waals surface area contributed by atoms with Gasteiger partial charge in [0.25, 0.3) is 5.91 Å². The van der Waals surface area contributed by atoms with Crippen LogP contribution in [-0.2, 0) is 0 Å². The van der Waals surface area contributed by atoms with Gasteiger partial charge in [-0.3, -0.25) is 4.79 Å². The molecule has 0 bridgehead atoms. The number of carbonyl (C=O) groups excluding carboxylic acids is 1. The van der Waals surface area contributed by atoms with Crippen LogP contribution in [0.3, 0.4) is 0 Å². The van der Waals surface area contributed by atoms with Crippen LogP contribution in [0.2, 0.25) is 0 Å². The van der Waals surface area contributed by atoms with E-state index in [1.54, 1.807) is 24.3 Å². The molecule has 0 saturated heterocycles. The molecule has 2 rings (SSSR count). The van der Waals surface area contributed by atoms with Crippen molar-refractivity contribution in [3.05, 3.63) is 35.7 Å². The molecular formula is C12H17ClN6O. The number of nitrogens with one attached hydrogen (secondary N) is 2. The maximum Gasteiger partial charge on any atom is 0.251 e. The van der Waals surface area contributed by atoms with Crippen molar-refractivity contribution >= 4 is 24.0 Å². The van der Waals surface area contributed by atoms with Crippen LogP contribution in [0.15, 0.2) is 24.3 Å². The van der Waals surface area contributed by atoms with Gasteiger partial charge in [-0.2, -0.15) is 5.21 Å². The molecule has 0 aliphatic rings. The molecule has 2 aromatic rings. The van der Waals surface area contributed by atoms with Crippen molar-refractivity contribution in [3.8, 4) is 0 Å². The van der Waals surface area contributed by atoms with Gasteiger partial charge in [0.05, 0.1) is 6.04 Å². The van der Waals surface area contributed by atoms with Crippen molar-refractivity contribution in [1.29, 1.82) is 0 Å². The number of hydrogen-bond acceptors (Lipinski definition) is 5. The topological polar surface area (TPSA) is 110 Å². The highest BCUT2D eigenvalue weighted by molar-refractivity contribution is 5.95. The van der Waals surface area contributed by atoms with Crippen LogP contribution in [0.1, 0.15) is 42.0 Å². The number of benzene rings is 1. The number of anilines is 1. The summed E-state index contributed by atoms with van der Waals surface area (Å²) in [4.78, 5) is 12.1. The molecule has 1 aromatic carbocycles. The number of nitrogens with two attached hydrogens (primary N) is 1. The van der Waals surface area contributed by atoms with Gasteiger partial charge < -0.3 is 11.1 Å². The van der Waals surface area contributed by atoms with E-state index in [0.717, 1.165) is 12.8 Å². The molecule has 0 saturated carbocycles. The summed E-state index contributed by atoms with van der Waals surface area (Å²) in [6, 6.07) is 6.57. The first-order valence-electron chi connectivity index (χ1n) is 6.10. The van der Waals surface area contributed by atoms with Gasteiger partial charge in [-0.05, 0) is 24.6 Å². The number of hydrogen-bond donors (Lipinski definition) is 3. The number of rotatable bonds is 5. The zero-order valence-corrected chi connectivity index (χ0v) is 11.9. The van der Waals surface area contributed by atoms with E-state index in [1.807, 2.05) is 6.92 Å². The first kappa shape index (κ1) is 15.9. The Morgan fingerprint density at radius 3 is 2.90 bits per heavy atom. The lowest BCUT2D eigenvalue weighted by atomic mass is 10.1. The summed E-state index contributed by atoms with van der Waals surface area (Å²) in [6.45, 7) is 2.03. The summed E-state index contributed by atoms with van der Waals surface area (Å²) in [5, 5.41) is 16.6. The summed E-state index contributed by atoms with van der Waals surface area (Å²) in [6.07, 6.45) is 1.64. The average molecular weight is 297 g/mol. The predicted octanol–water partition coefficient (Wildman–Crippen LogP) is 1.47.